The molecule has 1 aromatic carbocycles. The van der Waals surface area contributed by atoms with Crippen LogP contribution in [-0.4, -0.2) is 74.4 Å². The van der Waals surface area contributed by atoms with Gasteiger partial charge in [-0.2, -0.15) is 17.0 Å². The molecule has 2 aliphatic rings. The van der Waals surface area contributed by atoms with E-state index in [4.69, 9.17) is 4.74 Å². The van der Waals surface area contributed by atoms with E-state index >= 15 is 0 Å². The molecule has 2 saturated heterocycles. The number of hydrogen-bond acceptors (Lipinski definition) is 4. The van der Waals surface area contributed by atoms with Crippen LogP contribution < -0.4 is 0 Å². The molecule has 1 atom stereocenters. The number of rotatable bonds is 4. The lowest BCUT2D eigenvalue weighted by Gasteiger charge is -2.39. The minimum Gasteiger partial charge on any atom is -0.379 e. The van der Waals surface area contributed by atoms with Gasteiger partial charge >= 0.3 is 0 Å². The summed E-state index contributed by atoms with van der Waals surface area (Å²) in [5.74, 6) is 0. The molecular weight excluding hydrogens is 314 g/mol. The van der Waals surface area contributed by atoms with E-state index in [0.717, 1.165) is 13.1 Å². The number of morpholine rings is 1. The zero-order valence-electron chi connectivity index (χ0n) is 13.6. The fourth-order valence-corrected chi connectivity index (χ4v) is 4.77. The van der Waals surface area contributed by atoms with E-state index < -0.39 is 10.2 Å². The Bertz CT molecular complexity index is 594. The van der Waals surface area contributed by atoms with Gasteiger partial charge in [0.25, 0.3) is 10.2 Å². The maximum absolute atomic E-state index is 12.7. The minimum absolute atomic E-state index is 0.310. The summed E-state index contributed by atoms with van der Waals surface area (Å²) in [4.78, 5) is 2.35. The molecule has 0 amide bonds. The van der Waals surface area contributed by atoms with Crippen molar-refractivity contribution in [3.63, 3.8) is 0 Å². The first-order valence-corrected chi connectivity index (χ1v) is 9.61. The number of nitrogens with zero attached hydrogens (tertiary/aromatic N) is 3. The third-order valence-electron chi connectivity index (χ3n) is 4.73. The average Bonchev–Trinajstić information content (AvgIpc) is 2.63. The van der Waals surface area contributed by atoms with Crippen LogP contribution in [0.4, 0.5) is 0 Å². The molecule has 0 radical (unpaired) electrons. The van der Waals surface area contributed by atoms with Crippen molar-refractivity contribution < 1.29 is 13.2 Å². The molecule has 0 unspecified atom stereocenters. The van der Waals surface area contributed by atoms with Crippen LogP contribution in [0.25, 0.3) is 0 Å². The summed E-state index contributed by atoms with van der Waals surface area (Å²) in [5.41, 5.74) is 1.27. The Morgan fingerprint density at radius 3 is 2.09 bits per heavy atom. The third kappa shape index (κ3) is 3.75. The average molecular weight is 339 g/mol. The smallest absolute Gasteiger partial charge is 0.282 e. The molecule has 2 aliphatic heterocycles. The standard InChI is InChI=1S/C16H25N3O3S/c1-15(16-5-3-2-4-6-16)17-7-9-18(10-8-17)23(20,21)19-11-13-22-14-12-19/h2-6,15H,7-14H2,1H3/t15-/m1/s1. The van der Waals surface area contributed by atoms with Crippen molar-refractivity contribution >= 4 is 10.2 Å². The van der Waals surface area contributed by atoms with Gasteiger partial charge < -0.3 is 4.74 Å². The zero-order chi connectivity index (χ0) is 16.3. The Balaban J connectivity index is 1.59. The molecule has 0 N–H and O–H groups in total. The van der Waals surface area contributed by atoms with E-state index in [9.17, 15) is 8.42 Å². The normalized spacial score (nSPS) is 23.7. The quantitative estimate of drug-likeness (QED) is 0.819. The topological polar surface area (TPSA) is 53.1 Å². The SMILES string of the molecule is C[C@H](c1ccccc1)N1CCN(S(=O)(=O)N2CCOCC2)CC1. The predicted octanol–water partition coefficient (Wildman–Crippen LogP) is 0.942. The summed E-state index contributed by atoms with van der Waals surface area (Å²) in [6.07, 6.45) is 0. The number of ether oxygens (including phenoxy) is 1. The van der Waals surface area contributed by atoms with Crippen LogP contribution in [-0.2, 0) is 14.9 Å². The Morgan fingerprint density at radius 1 is 0.913 bits per heavy atom. The highest BCUT2D eigenvalue weighted by molar-refractivity contribution is 7.86. The van der Waals surface area contributed by atoms with Gasteiger partial charge in [-0.25, -0.2) is 0 Å². The predicted molar refractivity (Wildman–Crippen MR) is 89.3 cm³/mol. The molecule has 7 heteroatoms. The van der Waals surface area contributed by atoms with Gasteiger partial charge in [0.1, 0.15) is 0 Å². The van der Waals surface area contributed by atoms with Crippen molar-refractivity contribution in [3.05, 3.63) is 35.9 Å². The lowest BCUT2D eigenvalue weighted by atomic mass is 10.1. The minimum atomic E-state index is -3.34. The molecular formula is C16H25N3O3S. The summed E-state index contributed by atoms with van der Waals surface area (Å²) >= 11 is 0. The first kappa shape index (κ1) is 16.9. The highest BCUT2D eigenvalue weighted by atomic mass is 32.2. The van der Waals surface area contributed by atoms with Crippen LogP contribution in [0, 0.1) is 0 Å². The van der Waals surface area contributed by atoms with E-state index in [1.807, 2.05) is 18.2 Å². The molecule has 128 valence electrons. The number of piperazine rings is 1. The van der Waals surface area contributed by atoms with Gasteiger partial charge in [0.05, 0.1) is 13.2 Å². The largest absolute Gasteiger partial charge is 0.379 e. The summed E-state index contributed by atoms with van der Waals surface area (Å²) in [6, 6.07) is 10.7. The van der Waals surface area contributed by atoms with Gasteiger partial charge in [0, 0.05) is 45.3 Å². The summed E-state index contributed by atoms with van der Waals surface area (Å²) in [5, 5.41) is 0. The Morgan fingerprint density at radius 2 is 1.48 bits per heavy atom. The van der Waals surface area contributed by atoms with E-state index in [-0.39, 0.29) is 0 Å². The van der Waals surface area contributed by atoms with Crippen LogP contribution >= 0.6 is 0 Å². The van der Waals surface area contributed by atoms with Crippen molar-refractivity contribution in [1.29, 1.82) is 0 Å². The first-order chi connectivity index (χ1) is 11.1. The van der Waals surface area contributed by atoms with E-state index in [1.54, 1.807) is 8.61 Å². The van der Waals surface area contributed by atoms with Gasteiger partial charge in [-0.15, -0.1) is 0 Å². The maximum atomic E-state index is 12.7. The first-order valence-electron chi connectivity index (χ1n) is 8.21. The molecule has 6 nitrogen and oxygen atoms in total. The van der Waals surface area contributed by atoms with Crippen molar-refractivity contribution in [3.8, 4) is 0 Å². The Hall–Kier alpha value is -0.990. The molecule has 0 aliphatic carbocycles. The van der Waals surface area contributed by atoms with Crippen LogP contribution in [0.1, 0.15) is 18.5 Å². The fourth-order valence-electron chi connectivity index (χ4n) is 3.20. The van der Waals surface area contributed by atoms with Crippen molar-refractivity contribution in [2.24, 2.45) is 0 Å². The molecule has 2 fully saturated rings. The van der Waals surface area contributed by atoms with Gasteiger partial charge in [-0.05, 0) is 12.5 Å². The number of benzene rings is 1. The Kier molecular flexibility index (Phi) is 5.33. The van der Waals surface area contributed by atoms with Crippen LogP contribution in [0.5, 0.6) is 0 Å². The molecule has 23 heavy (non-hydrogen) atoms. The maximum Gasteiger partial charge on any atom is 0.282 e. The second-order valence-corrected chi connectivity index (χ2v) is 7.97. The summed E-state index contributed by atoms with van der Waals surface area (Å²) in [7, 11) is -3.34. The van der Waals surface area contributed by atoms with Crippen molar-refractivity contribution in [2.45, 2.75) is 13.0 Å². The molecule has 2 heterocycles. The van der Waals surface area contributed by atoms with Gasteiger partial charge in [0.2, 0.25) is 0 Å². The molecule has 0 aromatic heterocycles. The Labute approximate surface area is 138 Å². The highest BCUT2D eigenvalue weighted by Gasteiger charge is 2.34. The van der Waals surface area contributed by atoms with Gasteiger partial charge in [0.15, 0.2) is 0 Å². The second-order valence-electron chi connectivity index (χ2n) is 6.04. The van der Waals surface area contributed by atoms with Crippen molar-refractivity contribution in [1.82, 2.24) is 13.5 Å². The lowest BCUT2D eigenvalue weighted by Crippen LogP contribution is -2.55. The van der Waals surface area contributed by atoms with Crippen LogP contribution in [0.15, 0.2) is 30.3 Å². The molecule has 0 saturated carbocycles. The van der Waals surface area contributed by atoms with Crippen molar-refractivity contribution in [2.75, 3.05) is 52.5 Å². The lowest BCUT2D eigenvalue weighted by molar-refractivity contribution is 0.0675. The summed E-state index contributed by atoms with van der Waals surface area (Å²) in [6.45, 7) is 6.72. The van der Waals surface area contributed by atoms with Gasteiger partial charge in [-0.1, -0.05) is 30.3 Å². The van der Waals surface area contributed by atoms with Crippen LogP contribution in [0.2, 0.25) is 0 Å². The fraction of sp³-hybridized carbons (Fsp3) is 0.625. The molecule has 1 aromatic rings. The van der Waals surface area contributed by atoms with E-state index in [2.05, 4.69) is 24.0 Å². The molecule has 3 rings (SSSR count). The molecule has 0 spiro atoms. The van der Waals surface area contributed by atoms with Crippen LogP contribution in [0.3, 0.4) is 0 Å². The number of hydrogen-bond donors (Lipinski definition) is 0. The van der Waals surface area contributed by atoms with E-state index in [0.29, 0.717) is 45.4 Å². The third-order valence-corrected chi connectivity index (χ3v) is 6.76. The second kappa shape index (κ2) is 7.27. The summed E-state index contributed by atoms with van der Waals surface area (Å²) < 4.78 is 33.7. The highest BCUT2D eigenvalue weighted by Crippen LogP contribution is 2.22. The monoisotopic (exact) mass is 339 g/mol. The van der Waals surface area contributed by atoms with E-state index in [1.165, 1.54) is 5.56 Å². The van der Waals surface area contributed by atoms with Gasteiger partial charge in [-0.3, -0.25) is 4.90 Å². The molecule has 0 bridgehead atoms. The zero-order valence-corrected chi connectivity index (χ0v) is 14.4.